The molecule has 0 atom stereocenters. The molecule has 0 fully saturated rings. The Morgan fingerprint density at radius 3 is 2.43 bits per heavy atom. The van der Waals surface area contributed by atoms with Gasteiger partial charge in [0.25, 0.3) is 0 Å². The molecule has 1 heterocycles. The fraction of sp³-hybridized carbons (Fsp3) is 0.438. The summed E-state index contributed by atoms with van der Waals surface area (Å²) in [5.74, 6) is 0.991. The highest BCUT2D eigenvalue weighted by Crippen LogP contribution is 2.27. The van der Waals surface area contributed by atoms with Gasteiger partial charge in [-0.2, -0.15) is 5.10 Å². The molecule has 5 heteroatoms. The fourth-order valence-corrected chi connectivity index (χ4v) is 1.98. The van der Waals surface area contributed by atoms with Gasteiger partial charge in [-0.05, 0) is 52.0 Å². The van der Waals surface area contributed by atoms with Crippen molar-refractivity contribution in [3.05, 3.63) is 41.3 Å². The van der Waals surface area contributed by atoms with E-state index in [0.29, 0.717) is 18.2 Å². The van der Waals surface area contributed by atoms with Gasteiger partial charge in [0, 0.05) is 19.1 Å². The van der Waals surface area contributed by atoms with Gasteiger partial charge in [0.15, 0.2) is 0 Å². The van der Waals surface area contributed by atoms with Crippen LogP contribution in [-0.4, -0.2) is 15.3 Å². The lowest BCUT2D eigenvalue weighted by atomic mass is 10.1. The summed E-state index contributed by atoms with van der Waals surface area (Å²) in [5, 5.41) is 7.84. The molecule has 0 aliphatic rings. The lowest BCUT2D eigenvalue weighted by Gasteiger charge is -2.20. The average Bonchev–Trinajstić information content (AvgIpc) is 2.64. The quantitative estimate of drug-likeness (QED) is 0.936. The highest BCUT2D eigenvalue weighted by Gasteiger charge is 2.18. The van der Waals surface area contributed by atoms with Crippen molar-refractivity contribution in [3.8, 4) is 11.6 Å². The van der Waals surface area contributed by atoms with E-state index in [1.807, 2.05) is 14.0 Å². The maximum Gasteiger partial charge on any atom is 0.222 e. The van der Waals surface area contributed by atoms with Crippen LogP contribution in [0, 0.1) is 12.7 Å². The molecule has 0 spiro atoms. The molecule has 0 unspecified atom stereocenters. The summed E-state index contributed by atoms with van der Waals surface area (Å²) in [6.45, 7) is 8.95. The standard InChI is InChI=1S/C16H22FN3O/c1-11-14(10-18-16(2,3)4)15(20(5)19-11)21-13-8-6-12(17)7-9-13/h6-9,18H,10H2,1-5H3. The van der Waals surface area contributed by atoms with Crippen LogP contribution in [0.2, 0.25) is 0 Å². The van der Waals surface area contributed by atoms with E-state index in [2.05, 4.69) is 31.2 Å². The first-order valence-electron chi connectivity index (χ1n) is 6.97. The minimum atomic E-state index is -0.279. The summed E-state index contributed by atoms with van der Waals surface area (Å²) in [6, 6.07) is 5.98. The Kier molecular flexibility index (Phi) is 4.32. The highest BCUT2D eigenvalue weighted by molar-refractivity contribution is 5.35. The maximum atomic E-state index is 13.0. The molecule has 0 bridgehead atoms. The van der Waals surface area contributed by atoms with Gasteiger partial charge >= 0.3 is 0 Å². The number of rotatable bonds is 4. The predicted molar refractivity (Wildman–Crippen MR) is 81.0 cm³/mol. The lowest BCUT2D eigenvalue weighted by molar-refractivity contribution is 0.401. The molecule has 0 aliphatic carbocycles. The highest BCUT2D eigenvalue weighted by atomic mass is 19.1. The van der Waals surface area contributed by atoms with E-state index in [1.54, 1.807) is 16.8 Å². The predicted octanol–water partition coefficient (Wildman–Crippen LogP) is 3.55. The second kappa shape index (κ2) is 5.85. The van der Waals surface area contributed by atoms with Crippen LogP contribution in [0.3, 0.4) is 0 Å². The third kappa shape index (κ3) is 4.04. The van der Waals surface area contributed by atoms with Crippen molar-refractivity contribution in [1.82, 2.24) is 15.1 Å². The van der Waals surface area contributed by atoms with Crippen LogP contribution >= 0.6 is 0 Å². The number of benzene rings is 1. The number of nitrogens with zero attached hydrogens (tertiary/aromatic N) is 2. The summed E-state index contributed by atoms with van der Waals surface area (Å²) in [6.07, 6.45) is 0. The van der Waals surface area contributed by atoms with Crippen molar-refractivity contribution in [2.75, 3.05) is 0 Å². The molecule has 2 aromatic rings. The molecule has 1 aromatic heterocycles. The summed E-state index contributed by atoms with van der Waals surface area (Å²) in [4.78, 5) is 0. The van der Waals surface area contributed by atoms with E-state index in [1.165, 1.54) is 12.1 Å². The molecule has 1 aromatic carbocycles. The zero-order valence-electron chi connectivity index (χ0n) is 13.2. The Morgan fingerprint density at radius 2 is 1.86 bits per heavy atom. The molecule has 0 amide bonds. The normalized spacial score (nSPS) is 11.7. The Morgan fingerprint density at radius 1 is 1.24 bits per heavy atom. The average molecular weight is 291 g/mol. The largest absolute Gasteiger partial charge is 0.439 e. The van der Waals surface area contributed by atoms with Crippen LogP contribution in [0.1, 0.15) is 32.0 Å². The van der Waals surface area contributed by atoms with E-state index in [0.717, 1.165) is 11.3 Å². The first kappa shape index (κ1) is 15.5. The first-order chi connectivity index (χ1) is 9.76. The summed E-state index contributed by atoms with van der Waals surface area (Å²) in [5.41, 5.74) is 1.94. The molecule has 0 saturated heterocycles. The van der Waals surface area contributed by atoms with E-state index in [9.17, 15) is 4.39 Å². The number of halogens is 1. The maximum absolute atomic E-state index is 13.0. The van der Waals surface area contributed by atoms with Gasteiger partial charge in [-0.25, -0.2) is 9.07 Å². The third-order valence-corrected chi connectivity index (χ3v) is 3.11. The molecule has 21 heavy (non-hydrogen) atoms. The topological polar surface area (TPSA) is 39.1 Å². The number of nitrogens with one attached hydrogen (secondary N) is 1. The van der Waals surface area contributed by atoms with E-state index in [4.69, 9.17) is 4.74 Å². The second-order valence-corrected chi connectivity index (χ2v) is 6.15. The monoisotopic (exact) mass is 291 g/mol. The molecule has 0 radical (unpaired) electrons. The molecular weight excluding hydrogens is 269 g/mol. The number of hydrogen-bond donors (Lipinski definition) is 1. The number of hydrogen-bond acceptors (Lipinski definition) is 3. The zero-order chi connectivity index (χ0) is 15.6. The third-order valence-electron chi connectivity index (χ3n) is 3.11. The molecule has 0 saturated carbocycles. The summed E-state index contributed by atoms with van der Waals surface area (Å²) in [7, 11) is 1.84. The fourth-order valence-electron chi connectivity index (χ4n) is 1.98. The van der Waals surface area contributed by atoms with Crippen molar-refractivity contribution in [2.24, 2.45) is 7.05 Å². The van der Waals surface area contributed by atoms with Crippen LogP contribution in [0.5, 0.6) is 11.6 Å². The molecule has 4 nitrogen and oxygen atoms in total. The number of ether oxygens (including phenoxy) is 1. The van der Waals surface area contributed by atoms with Crippen molar-refractivity contribution in [1.29, 1.82) is 0 Å². The lowest BCUT2D eigenvalue weighted by Crippen LogP contribution is -2.35. The zero-order valence-corrected chi connectivity index (χ0v) is 13.2. The summed E-state index contributed by atoms with van der Waals surface area (Å²) >= 11 is 0. The van der Waals surface area contributed by atoms with Crippen LogP contribution in [-0.2, 0) is 13.6 Å². The van der Waals surface area contributed by atoms with E-state index < -0.39 is 0 Å². The van der Waals surface area contributed by atoms with Gasteiger partial charge in [-0.1, -0.05) is 0 Å². The van der Waals surface area contributed by atoms with Gasteiger partial charge in [-0.3, -0.25) is 0 Å². The van der Waals surface area contributed by atoms with Crippen LogP contribution in [0.25, 0.3) is 0 Å². The molecule has 1 N–H and O–H groups in total. The van der Waals surface area contributed by atoms with Crippen molar-refractivity contribution < 1.29 is 9.13 Å². The Hall–Kier alpha value is -1.88. The molecule has 2 rings (SSSR count). The van der Waals surface area contributed by atoms with Crippen molar-refractivity contribution >= 4 is 0 Å². The van der Waals surface area contributed by atoms with Gasteiger partial charge in [0.1, 0.15) is 11.6 Å². The van der Waals surface area contributed by atoms with Crippen molar-refractivity contribution in [2.45, 2.75) is 39.8 Å². The summed E-state index contributed by atoms with van der Waals surface area (Å²) < 4.78 is 20.5. The Balaban J connectivity index is 2.24. The Bertz CT molecular complexity index is 612. The minimum absolute atomic E-state index is 0.00935. The smallest absolute Gasteiger partial charge is 0.222 e. The molecule has 114 valence electrons. The second-order valence-electron chi connectivity index (χ2n) is 6.15. The first-order valence-corrected chi connectivity index (χ1v) is 6.97. The van der Waals surface area contributed by atoms with Gasteiger partial charge in [0.05, 0.1) is 11.3 Å². The van der Waals surface area contributed by atoms with Crippen LogP contribution in [0.4, 0.5) is 4.39 Å². The SMILES string of the molecule is Cc1nn(C)c(Oc2ccc(F)cc2)c1CNC(C)(C)C. The van der Waals surface area contributed by atoms with E-state index >= 15 is 0 Å². The van der Waals surface area contributed by atoms with Crippen LogP contribution < -0.4 is 10.1 Å². The number of aryl methyl sites for hydroxylation is 2. The van der Waals surface area contributed by atoms with Crippen LogP contribution in [0.15, 0.2) is 24.3 Å². The van der Waals surface area contributed by atoms with Gasteiger partial charge in [0.2, 0.25) is 5.88 Å². The van der Waals surface area contributed by atoms with Crippen molar-refractivity contribution in [3.63, 3.8) is 0 Å². The molecule has 0 aliphatic heterocycles. The molecular formula is C16H22FN3O. The number of aromatic nitrogens is 2. The Labute approximate surface area is 124 Å². The van der Waals surface area contributed by atoms with Gasteiger partial charge in [-0.15, -0.1) is 0 Å². The van der Waals surface area contributed by atoms with E-state index in [-0.39, 0.29) is 11.4 Å². The minimum Gasteiger partial charge on any atom is -0.439 e. The van der Waals surface area contributed by atoms with Gasteiger partial charge < -0.3 is 10.1 Å².